The highest BCUT2D eigenvalue weighted by molar-refractivity contribution is 5.94. The van der Waals surface area contributed by atoms with E-state index < -0.39 is 0 Å². The maximum atomic E-state index is 12.0. The predicted octanol–water partition coefficient (Wildman–Crippen LogP) is 3.45. The molecule has 0 bridgehead atoms. The van der Waals surface area contributed by atoms with E-state index in [4.69, 9.17) is 0 Å². The van der Waals surface area contributed by atoms with Gasteiger partial charge in [0.25, 0.3) is 5.91 Å². The Morgan fingerprint density at radius 2 is 1.75 bits per heavy atom. The van der Waals surface area contributed by atoms with Crippen LogP contribution in [0, 0.1) is 0 Å². The van der Waals surface area contributed by atoms with Crippen LogP contribution in [0.4, 0.5) is 0 Å². The van der Waals surface area contributed by atoms with Crippen LogP contribution in [0.3, 0.4) is 0 Å². The first-order valence-corrected chi connectivity index (χ1v) is 6.73. The van der Waals surface area contributed by atoms with Crippen LogP contribution in [0.2, 0.25) is 0 Å². The molecule has 3 nitrogen and oxygen atoms in total. The van der Waals surface area contributed by atoms with Crippen LogP contribution >= 0.6 is 0 Å². The van der Waals surface area contributed by atoms with E-state index in [1.807, 2.05) is 30.3 Å². The topological polar surface area (TPSA) is 49.3 Å². The van der Waals surface area contributed by atoms with E-state index in [0.717, 1.165) is 0 Å². The van der Waals surface area contributed by atoms with Crippen LogP contribution in [0.15, 0.2) is 48.5 Å². The number of hydrogen-bond donors (Lipinski definition) is 2. The highest BCUT2D eigenvalue weighted by Gasteiger charge is 2.07. The Labute approximate surface area is 119 Å². The number of rotatable bonds is 4. The first-order valence-electron chi connectivity index (χ1n) is 6.73. The van der Waals surface area contributed by atoms with E-state index in [-0.39, 0.29) is 11.7 Å². The third-order valence-electron chi connectivity index (χ3n) is 3.27. The number of benzene rings is 2. The summed E-state index contributed by atoms with van der Waals surface area (Å²) < 4.78 is 0. The zero-order valence-electron chi connectivity index (χ0n) is 11.8. The van der Waals surface area contributed by atoms with Gasteiger partial charge in [0, 0.05) is 17.7 Å². The monoisotopic (exact) mass is 269 g/mol. The van der Waals surface area contributed by atoms with Crippen molar-refractivity contribution in [1.82, 2.24) is 5.32 Å². The first kappa shape index (κ1) is 14.1. The molecule has 2 aromatic rings. The number of phenolic OH excluding ortho intramolecular Hbond substituents is 1. The lowest BCUT2D eigenvalue weighted by molar-refractivity contribution is 0.0950. The van der Waals surface area contributed by atoms with Gasteiger partial charge in [0.15, 0.2) is 0 Å². The summed E-state index contributed by atoms with van der Waals surface area (Å²) in [7, 11) is 0. The molecule has 1 amide bonds. The van der Waals surface area contributed by atoms with Crippen LogP contribution in [0.1, 0.15) is 41.3 Å². The smallest absolute Gasteiger partial charge is 0.251 e. The Kier molecular flexibility index (Phi) is 4.41. The number of amides is 1. The second kappa shape index (κ2) is 6.24. The fourth-order valence-corrected chi connectivity index (χ4v) is 1.96. The van der Waals surface area contributed by atoms with Gasteiger partial charge >= 0.3 is 0 Å². The summed E-state index contributed by atoms with van der Waals surface area (Å²) in [5.41, 5.74) is 2.55. The van der Waals surface area contributed by atoms with E-state index in [2.05, 4.69) is 19.2 Å². The van der Waals surface area contributed by atoms with Crippen molar-refractivity contribution >= 4 is 5.91 Å². The summed E-state index contributed by atoms with van der Waals surface area (Å²) in [5.74, 6) is 0.514. The zero-order chi connectivity index (χ0) is 14.5. The van der Waals surface area contributed by atoms with Crippen LogP contribution in [-0.2, 0) is 6.54 Å². The molecule has 0 spiro atoms. The normalized spacial score (nSPS) is 10.6. The van der Waals surface area contributed by atoms with Gasteiger partial charge in [-0.25, -0.2) is 0 Å². The molecule has 2 rings (SSSR count). The van der Waals surface area contributed by atoms with Crippen molar-refractivity contribution < 1.29 is 9.90 Å². The Morgan fingerprint density at radius 1 is 1.10 bits per heavy atom. The SMILES string of the molecule is CC(C)c1ccc(C(=O)NCc2ccccc2O)cc1. The summed E-state index contributed by atoms with van der Waals surface area (Å²) >= 11 is 0. The lowest BCUT2D eigenvalue weighted by Crippen LogP contribution is -2.22. The minimum absolute atomic E-state index is 0.136. The molecule has 0 aliphatic carbocycles. The van der Waals surface area contributed by atoms with Crippen LogP contribution in [0.5, 0.6) is 5.75 Å². The average Bonchev–Trinajstić information content (AvgIpc) is 2.46. The quantitative estimate of drug-likeness (QED) is 0.893. The molecule has 0 aromatic heterocycles. The van der Waals surface area contributed by atoms with Gasteiger partial charge in [-0.3, -0.25) is 4.79 Å². The molecule has 0 atom stereocenters. The highest BCUT2D eigenvalue weighted by atomic mass is 16.3. The standard InChI is InChI=1S/C17H19NO2/c1-12(2)13-7-9-14(10-8-13)17(20)18-11-15-5-3-4-6-16(15)19/h3-10,12,19H,11H2,1-2H3,(H,18,20). The van der Waals surface area contributed by atoms with Gasteiger partial charge in [0.05, 0.1) is 0 Å². The van der Waals surface area contributed by atoms with Crippen LogP contribution in [0.25, 0.3) is 0 Å². The number of carbonyl (C=O) groups excluding carboxylic acids is 1. The molecule has 0 saturated heterocycles. The lowest BCUT2D eigenvalue weighted by atomic mass is 10.0. The van der Waals surface area contributed by atoms with Gasteiger partial charge < -0.3 is 10.4 Å². The van der Waals surface area contributed by atoms with Crippen molar-refractivity contribution in [2.24, 2.45) is 0 Å². The Morgan fingerprint density at radius 3 is 2.35 bits per heavy atom. The highest BCUT2D eigenvalue weighted by Crippen LogP contribution is 2.16. The second-order valence-electron chi connectivity index (χ2n) is 5.09. The molecule has 0 heterocycles. The molecule has 0 aliphatic heterocycles. The first-order chi connectivity index (χ1) is 9.58. The molecule has 104 valence electrons. The van der Waals surface area contributed by atoms with Crippen LogP contribution in [-0.4, -0.2) is 11.0 Å². The van der Waals surface area contributed by atoms with E-state index in [1.165, 1.54) is 5.56 Å². The lowest BCUT2D eigenvalue weighted by Gasteiger charge is -2.09. The van der Waals surface area contributed by atoms with Crippen molar-refractivity contribution in [3.05, 3.63) is 65.2 Å². The van der Waals surface area contributed by atoms with Crippen molar-refractivity contribution in [2.45, 2.75) is 26.3 Å². The second-order valence-corrected chi connectivity index (χ2v) is 5.09. The molecule has 0 unspecified atom stereocenters. The molecule has 20 heavy (non-hydrogen) atoms. The maximum Gasteiger partial charge on any atom is 0.251 e. The molecule has 3 heteroatoms. The third kappa shape index (κ3) is 3.38. The molecule has 2 N–H and O–H groups in total. The van der Waals surface area contributed by atoms with E-state index in [1.54, 1.807) is 18.2 Å². The summed E-state index contributed by atoms with van der Waals surface area (Å²) in [6.45, 7) is 4.55. The Hall–Kier alpha value is -2.29. The predicted molar refractivity (Wildman–Crippen MR) is 79.8 cm³/mol. The van der Waals surface area contributed by atoms with Crippen molar-refractivity contribution in [2.75, 3.05) is 0 Å². The van der Waals surface area contributed by atoms with Gasteiger partial charge in [0.1, 0.15) is 5.75 Å². The number of para-hydroxylation sites is 1. The van der Waals surface area contributed by atoms with Gasteiger partial charge in [0.2, 0.25) is 0 Å². The summed E-state index contributed by atoms with van der Waals surface area (Å²) in [4.78, 5) is 12.0. The minimum Gasteiger partial charge on any atom is -0.508 e. The fraction of sp³-hybridized carbons (Fsp3) is 0.235. The molecule has 2 aromatic carbocycles. The van der Waals surface area contributed by atoms with Crippen molar-refractivity contribution in [1.29, 1.82) is 0 Å². The average molecular weight is 269 g/mol. The minimum atomic E-state index is -0.136. The molecule has 0 saturated carbocycles. The summed E-state index contributed by atoms with van der Waals surface area (Å²) in [5, 5.41) is 12.4. The van der Waals surface area contributed by atoms with Gasteiger partial charge in [-0.15, -0.1) is 0 Å². The van der Waals surface area contributed by atoms with E-state index in [0.29, 0.717) is 23.6 Å². The van der Waals surface area contributed by atoms with Crippen molar-refractivity contribution in [3.63, 3.8) is 0 Å². The van der Waals surface area contributed by atoms with E-state index in [9.17, 15) is 9.90 Å². The zero-order valence-corrected chi connectivity index (χ0v) is 11.8. The molecule has 0 fully saturated rings. The Bertz CT molecular complexity index is 588. The number of carbonyl (C=O) groups is 1. The summed E-state index contributed by atoms with van der Waals surface area (Å²) in [6.07, 6.45) is 0. The van der Waals surface area contributed by atoms with Crippen molar-refractivity contribution in [3.8, 4) is 5.75 Å². The third-order valence-corrected chi connectivity index (χ3v) is 3.27. The largest absolute Gasteiger partial charge is 0.508 e. The summed E-state index contributed by atoms with van der Waals surface area (Å²) in [6, 6.07) is 14.6. The maximum absolute atomic E-state index is 12.0. The van der Waals surface area contributed by atoms with E-state index >= 15 is 0 Å². The molecule has 0 aliphatic rings. The number of phenols is 1. The molecular formula is C17H19NO2. The number of aromatic hydroxyl groups is 1. The van der Waals surface area contributed by atoms with Gasteiger partial charge in [-0.05, 0) is 29.7 Å². The fourth-order valence-electron chi connectivity index (χ4n) is 1.96. The van der Waals surface area contributed by atoms with Gasteiger partial charge in [-0.2, -0.15) is 0 Å². The number of nitrogens with one attached hydrogen (secondary N) is 1. The molecular weight excluding hydrogens is 250 g/mol. The number of hydrogen-bond acceptors (Lipinski definition) is 2. The van der Waals surface area contributed by atoms with Crippen LogP contribution < -0.4 is 5.32 Å². The molecule has 0 radical (unpaired) electrons. The Balaban J connectivity index is 2.00. The van der Waals surface area contributed by atoms with Gasteiger partial charge in [-0.1, -0.05) is 44.2 Å².